The van der Waals surface area contributed by atoms with Crippen molar-refractivity contribution in [1.29, 1.82) is 0 Å². The zero-order valence-electron chi connectivity index (χ0n) is 26.4. The Bertz CT molecular complexity index is 586. The van der Waals surface area contributed by atoms with E-state index in [0.29, 0.717) is 38.9 Å². The van der Waals surface area contributed by atoms with Crippen LogP contribution < -0.4 is 0 Å². The fraction of sp³-hybridized carbons (Fsp3) is 0.906. The van der Waals surface area contributed by atoms with E-state index in [4.69, 9.17) is 9.47 Å². The predicted octanol–water partition coefficient (Wildman–Crippen LogP) is 7.02. The molecule has 0 aromatic carbocycles. The third kappa shape index (κ3) is 23.9. The van der Waals surface area contributed by atoms with E-state index in [-0.39, 0.29) is 31.1 Å². The second-order valence-electron chi connectivity index (χ2n) is 11.7. The minimum Gasteiger partial charge on any atom is -0.464 e. The van der Waals surface area contributed by atoms with Crippen LogP contribution in [0.5, 0.6) is 0 Å². The van der Waals surface area contributed by atoms with E-state index < -0.39 is 0 Å². The highest BCUT2D eigenvalue weighted by atomic mass is 16.5. The minimum absolute atomic E-state index is 0.00644. The standard InChI is InChI=1S/C32H62N2O5/c1-7-22-33(8-2)23-21-30(35)34(24-26-38-31(36)19-15-11-9-13-17-28(3)4)25-27-39-32(37)20-16-12-10-14-18-29(5)6/h28-29H,7-27H2,1-6H3. The van der Waals surface area contributed by atoms with Crippen LogP contribution in [0.4, 0.5) is 0 Å². The fourth-order valence-electron chi connectivity index (χ4n) is 4.55. The van der Waals surface area contributed by atoms with Gasteiger partial charge in [-0.1, -0.05) is 92.9 Å². The van der Waals surface area contributed by atoms with Gasteiger partial charge >= 0.3 is 11.9 Å². The highest BCUT2D eigenvalue weighted by Crippen LogP contribution is 2.12. The molecule has 0 rings (SSSR count). The number of carbonyl (C=O) groups is 3. The number of nitrogens with zero attached hydrogens (tertiary/aromatic N) is 2. The lowest BCUT2D eigenvalue weighted by Gasteiger charge is -2.25. The summed E-state index contributed by atoms with van der Waals surface area (Å²) in [6, 6.07) is 0. The van der Waals surface area contributed by atoms with E-state index in [0.717, 1.165) is 69.9 Å². The molecule has 39 heavy (non-hydrogen) atoms. The molecule has 0 unspecified atom stereocenters. The summed E-state index contributed by atoms with van der Waals surface area (Å²) in [5.41, 5.74) is 0. The lowest BCUT2D eigenvalue weighted by molar-refractivity contribution is -0.147. The maximum Gasteiger partial charge on any atom is 0.305 e. The molecule has 1 amide bonds. The number of amides is 1. The molecule has 0 heterocycles. The van der Waals surface area contributed by atoms with Crippen molar-refractivity contribution >= 4 is 17.8 Å². The van der Waals surface area contributed by atoms with Crippen LogP contribution in [-0.2, 0) is 23.9 Å². The normalized spacial score (nSPS) is 11.4. The quantitative estimate of drug-likeness (QED) is 0.0845. The summed E-state index contributed by atoms with van der Waals surface area (Å²) < 4.78 is 10.9. The molecule has 230 valence electrons. The molecule has 0 radical (unpaired) electrons. The van der Waals surface area contributed by atoms with Crippen LogP contribution >= 0.6 is 0 Å². The van der Waals surface area contributed by atoms with Crippen molar-refractivity contribution in [1.82, 2.24) is 9.80 Å². The van der Waals surface area contributed by atoms with Gasteiger partial charge in [0.25, 0.3) is 0 Å². The molecule has 0 aliphatic rings. The van der Waals surface area contributed by atoms with Crippen molar-refractivity contribution in [3.05, 3.63) is 0 Å². The summed E-state index contributed by atoms with van der Waals surface area (Å²) in [6.07, 6.45) is 13.3. The summed E-state index contributed by atoms with van der Waals surface area (Å²) >= 11 is 0. The van der Waals surface area contributed by atoms with Gasteiger partial charge in [-0.2, -0.15) is 0 Å². The van der Waals surface area contributed by atoms with Crippen LogP contribution in [0, 0.1) is 11.8 Å². The first-order valence-electron chi connectivity index (χ1n) is 16.0. The summed E-state index contributed by atoms with van der Waals surface area (Å²) in [5.74, 6) is 1.06. The minimum atomic E-state index is -0.203. The third-order valence-electron chi connectivity index (χ3n) is 7.05. The van der Waals surface area contributed by atoms with Crippen LogP contribution in [0.2, 0.25) is 0 Å². The maximum atomic E-state index is 13.0. The van der Waals surface area contributed by atoms with Gasteiger partial charge in [-0.15, -0.1) is 0 Å². The SMILES string of the molecule is CCCN(CC)CCC(=O)N(CCOC(=O)CCCCCCC(C)C)CCOC(=O)CCCCCCC(C)C. The highest BCUT2D eigenvalue weighted by molar-refractivity contribution is 5.76. The number of unbranched alkanes of at least 4 members (excludes halogenated alkanes) is 6. The molecule has 0 aliphatic carbocycles. The predicted molar refractivity (Wildman–Crippen MR) is 161 cm³/mol. The number of hydrogen-bond acceptors (Lipinski definition) is 6. The Morgan fingerprint density at radius 3 is 1.46 bits per heavy atom. The lowest BCUT2D eigenvalue weighted by Crippen LogP contribution is -2.39. The Morgan fingerprint density at radius 1 is 0.590 bits per heavy atom. The third-order valence-corrected chi connectivity index (χ3v) is 7.05. The monoisotopic (exact) mass is 554 g/mol. The molecule has 0 aromatic heterocycles. The molecule has 0 N–H and O–H groups in total. The van der Waals surface area contributed by atoms with Gasteiger partial charge in [0.15, 0.2) is 0 Å². The van der Waals surface area contributed by atoms with E-state index >= 15 is 0 Å². The molecule has 0 saturated heterocycles. The largest absolute Gasteiger partial charge is 0.464 e. The average molecular weight is 555 g/mol. The second-order valence-corrected chi connectivity index (χ2v) is 11.7. The number of hydrogen-bond donors (Lipinski definition) is 0. The van der Waals surface area contributed by atoms with Gasteiger partial charge in [0.2, 0.25) is 5.91 Å². The van der Waals surface area contributed by atoms with E-state index in [2.05, 4.69) is 46.4 Å². The Kier molecular flexibility index (Phi) is 24.3. The first-order chi connectivity index (χ1) is 18.7. The summed E-state index contributed by atoms with van der Waals surface area (Å²) in [4.78, 5) is 41.2. The van der Waals surface area contributed by atoms with Gasteiger partial charge in [-0.3, -0.25) is 14.4 Å². The Morgan fingerprint density at radius 2 is 1.05 bits per heavy atom. The molecule has 0 aliphatic heterocycles. The van der Waals surface area contributed by atoms with Crippen molar-refractivity contribution < 1.29 is 23.9 Å². The van der Waals surface area contributed by atoms with Gasteiger partial charge in [-0.05, 0) is 44.2 Å². The Balaban J connectivity index is 4.45. The Labute approximate surface area is 240 Å². The summed E-state index contributed by atoms with van der Waals surface area (Å²) in [6.45, 7) is 16.7. The fourth-order valence-corrected chi connectivity index (χ4v) is 4.55. The van der Waals surface area contributed by atoms with Crippen LogP contribution in [-0.4, -0.2) is 73.6 Å². The van der Waals surface area contributed by atoms with Crippen molar-refractivity contribution in [3.63, 3.8) is 0 Å². The van der Waals surface area contributed by atoms with Gasteiger partial charge in [0.05, 0.1) is 13.1 Å². The number of rotatable bonds is 26. The molecule has 0 aromatic rings. The summed E-state index contributed by atoms with van der Waals surface area (Å²) in [5, 5.41) is 0. The van der Waals surface area contributed by atoms with E-state index in [1.807, 2.05) is 0 Å². The molecule has 0 fully saturated rings. The van der Waals surface area contributed by atoms with Crippen molar-refractivity contribution in [2.24, 2.45) is 11.8 Å². The van der Waals surface area contributed by atoms with Gasteiger partial charge < -0.3 is 19.3 Å². The van der Waals surface area contributed by atoms with Crippen LogP contribution in [0.3, 0.4) is 0 Å². The van der Waals surface area contributed by atoms with Crippen molar-refractivity contribution in [2.45, 2.75) is 131 Å². The lowest BCUT2D eigenvalue weighted by atomic mass is 10.0. The molecule has 7 nitrogen and oxygen atoms in total. The molecule has 0 bridgehead atoms. The van der Waals surface area contributed by atoms with E-state index in [9.17, 15) is 14.4 Å². The van der Waals surface area contributed by atoms with Crippen molar-refractivity contribution in [2.75, 3.05) is 45.9 Å². The van der Waals surface area contributed by atoms with Gasteiger partial charge in [-0.25, -0.2) is 0 Å². The first-order valence-corrected chi connectivity index (χ1v) is 16.0. The first kappa shape index (κ1) is 37.4. The second kappa shape index (κ2) is 25.3. The summed E-state index contributed by atoms with van der Waals surface area (Å²) in [7, 11) is 0. The molecule has 7 heteroatoms. The number of esters is 2. The topological polar surface area (TPSA) is 76.2 Å². The van der Waals surface area contributed by atoms with Gasteiger partial charge in [0.1, 0.15) is 13.2 Å². The van der Waals surface area contributed by atoms with Crippen LogP contribution in [0.25, 0.3) is 0 Å². The van der Waals surface area contributed by atoms with Crippen LogP contribution in [0.15, 0.2) is 0 Å². The maximum absolute atomic E-state index is 13.0. The molecular formula is C32H62N2O5. The zero-order valence-corrected chi connectivity index (χ0v) is 26.4. The van der Waals surface area contributed by atoms with Gasteiger partial charge in [0, 0.05) is 25.8 Å². The van der Waals surface area contributed by atoms with Crippen molar-refractivity contribution in [3.8, 4) is 0 Å². The molecule has 0 saturated carbocycles. The van der Waals surface area contributed by atoms with E-state index in [1.165, 1.54) is 25.7 Å². The zero-order chi connectivity index (χ0) is 29.3. The molecule has 0 atom stereocenters. The average Bonchev–Trinajstić information content (AvgIpc) is 2.89. The molecule has 0 spiro atoms. The smallest absolute Gasteiger partial charge is 0.305 e. The number of carbonyl (C=O) groups excluding carboxylic acids is 3. The van der Waals surface area contributed by atoms with Crippen LogP contribution in [0.1, 0.15) is 131 Å². The highest BCUT2D eigenvalue weighted by Gasteiger charge is 2.16. The Hall–Kier alpha value is -1.63. The number of ether oxygens (including phenoxy) is 2. The van der Waals surface area contributed by atoms with E-state index in [1.54, 1.807) is 4.90 Å². The molecular weight excluding hydrogens is 492 g/mol.